The lowest BCUT2D eigenvalue weighted by atomic mass is 10.0. The molecule has 146 valence electrons. The monoisotopic (exact) mass is 395 g/mol. The molecule has 0 fully saturated rings. The van der Waals surface area contributed by atoms with Gasteiger partial charge in [-0.25, -0.2) is 4.98 Å². The van der Waals surface area contributed by atoms with Gasteiger partial charge in [0.1, 0.15) is 6.61 Å². The van der Waals surface area contributed by atoms with Crippen LogP contribution in [0.1, 0.15) is 26.7 Å². The van der Waals surface area contributed by atoms with Crippen LogP contribution < -0.4 is 9.47 Å². The number of methoxy groups -OCH3 is 1. The van der Waals surface area contributed by atoms with Crippen molar-refractivity contribution in [2.75, 3.05) is 20.3 Å². The summed E-state index contributed by atoms with van der Waals surface area (Å²) < 4.78 is 11.8. The first kappa shape index (κ1) is 18.9. The Morgan fingerprint density at radius 3 is 2.82 bits per heavy atom. The minimum absolute atomic E-state index is 0.649. The molecule has 1 aliphatic rings. The smallest absolute Gasteiger partial charge is 0.165 e. The van der Waals surface area contributed by atoms with Crippen molar-refractivity contribution in [3.05, 3.63) is 57.2 Å². The Hall–Kier alpha value is -2.44. The molecule has 1 aromatic carbocycles. The molecule has 0 radical (unpaired) electrons. The van der Waals surface area contributed by atoms with Crippen molar-refractivity contribution in [2.24, 2.45) is 0 Å². The molecule has 0 atom stereocenters. The standard InChI is InChI=1S/C22H25N3O2S/c1-14-11-23-16(3)21(24-14)17-9-18-12-25(13-19-6-5-15(2)28-19)7-8-27-22(18)20(10-17)26-4/h5-6,9-11H,7-8,12-13H2,1-4H3. The third-order valence-electron chi connectivity index (χ3n) is 4.92. The fourth-order valence-electron chi connectivity index (χ4n) is 3.56. The van der Waals surface area contributed by atoms with Gasteiger partial charge in [0.25, 0.3) is 0 Å². The zero-order chi connectivity index (χ0) is 19.7. The van der Waals surface area contributed by atoms with Crippen molar-refractivity contribution in [2.45, 2.75) is 33.9 Å². The van der Waals surface area contributed by atoms with Crippen molar-refractivity contribution in [3.8, 4) is 22.8 Å². The third kappa shape index (κ3) is 3.88. The van der Waals surface area contributed by atoms with Gasteiger partial charge in [-0.05, 0) is 45.0 Å². The minimum atomic E-state index is 0.649. The number of nitrogens with zero attached hydrogens (tertiary/aromatic N) is 3. The van der Waals surface area contributed by atoms with Crippen molar-refractivity contribution >= 4 is 11.3 Å². The summed E-state index contributed by atoms with van der Waals surface area (Å²) in [6.07, 6.45) is 1.80. The van der Waals surface area contributed by atoms with Crippen LogP contribution in [0, 0.1) is 20.8 Å². The van der Waals surface area contributed by atoms with Crippen LogP contribution in [0.15, 0.2) is 30.5 Å². The molecule has 0 unspecified atom stereocenters. The van der Waals surface area contributed by atoms with Gasteiger partial charge in [-0.2, -0.15) is 0 Å². The van der Waals surface area contributed by atoms with E-state index in [1.807, 2.05) is 31.3 Å². The van der Waals surface area contributed by atoms with E-state index < -0.39 is 0 Å². The quantitative estimate of drug-likeness (QED) is 0.649. The summed E-state index contributed by atoms with van der Waals surface area (Å²) in [5.41, 5.74) is 4.85. The number of thiophene rings is 1. The molecule has 0 saturated heterocycles. The molecule has 3 heterocycles. The van der Waals surface area contributed by atoms with Gasteiger partial charge in [-0.1, -0.05) is 0 Å². The van der Waals surface area contributed by atoms with E-state index in [4.69, 9.17) is 14.5 Å². The lowest BCUT2D eigenvalue weighted by molar-refractivity contribution is 0.218. The highest BCUT2D eigenvalue weighted by Gasteiger charge is 2.22. The summed E-state index contributed by atoms with van der Waals surface area (Å²) in [5, 5.41) is 0. The molecular formula is C22H25N3O2S. The maximum absolute atomic E-state index is 6.09. The molecule has 1 aliphatic heterocycles. The molecule has 0 spiro atoms. The van der Waals surface area contributed by atoms with Gasteiger partial charge in [0, 0.05) is 46.7 Å². The van der Waals surface area contributed by atoms with Gasteiger partial charge in [0.15, 0.2) is 11.5 Å². The van der Waals surface area contributed by atoms with Crippen LogP contribution in [0.4, 0.5) is 0 Å². The van der Waals surface area contributed by atoms with E-state index in [0.29, 0.717) is 6.61 Å². The lowest BCUT2D eigenvalue weighted by Gasteiger charge is -2.19. The van der Waals surface area contributed by atoms with Crippen LogP contribution in [0.3, 0.4) is 0 Å². The molecule has 28 heavy (non-hydrogen) atoms. The normalized spacial score (nSPS) is 14.3. The van der Waals surface area contributed by atoms with Gasteiger partial charge in [-0.15, -0.1) is 11.3 Å². The predicted octanol–water partition coefficient (Wildman–Crippen LogP) is 4.53. The molecule has 4 rings (SSSR count). The molecule has 2 aromatic heterocycles. The molecule has 6 heteroatoms. The lowest BCUT2D eigenvalue weighted by Crippen LogP contribution is -2.24. The molecule has 5 nitrogen and oxygen atoms in total. The Balaban J connectivity index is 1.71. The number of hydrogen-bond donors (Lipinski definition) is 0. The number of benzene rings is 1. The summed E-state index contributed by atoms with van der Waals surface area (Å²) in [7, 11) is 1.69. The van der Waals surface area contributed by atoms with Crippen LogP contribution in [-0.2, 0) is 13.1 Å². The number of ether oxygens (including phenoxy) is 2. The summed E-state index contributed by atoms with van der Waals surface area (Å²) in [6, 6.07) is 8.58. The SMILES string of the molecule is COc1cc(-c2nc(C)cnc2C)cc2c1OCCN(Cc1ccc(C)s1)C2. The number of rotatable bonds is 4. The summed E-state index contributed by atoms with van der Waals surface area (Å²) in [4.78, 5) is 14.3. The van der Waals surface area contributed by atoms with Gasteiger partial charge in [0.2, 0.25) is 0 Å². The second kappa shape index (κ2) is 7.89. The van der Waals surface area contributed by atoms with Crippen molar-refractivity contribution in [3.63, 3.8) is 0 Å². The highest BCUT2D eigenvalue weighted by atomic mass is 32.1. The van der Waals surface area contributed by atoms with Gasteiger partial charge in [0.05, 0.1) is 24.2 Å². The van der Waals surface area contributed by atoms with Gasteiger partial charge < -0.3 is 9.47 Å². The maximum atomic E-state index is 6.09. The van der Waals surface area contributed by atoms with E-state index in [1.54, 1.807) is 13.3 Å². The zero-order valence-corrected chi connectivity index (χ0v) is 17.6. The fourth-order valence-corrected chi connectivity index (χ4v) is 4.50. The fraction of sp³-hybridized carbons (Fsp3) is 0.364. The molecule has 0 aliphatic carbocycles. The summed E-state index contributed by atoms with van der Waals surface area (Å²) in [6.45, 7) is 9.37. The summed E-state index contributed by atoms with van der Waals surface area (Å²) in [5.74, 6) is 1.60. The average molecular weight is 396 g/mol. The van der Waals surface area contributed by atoms with Crippen molar-refractivity contribution < 1.29 is 9.47 Å². The highest BCUT2D eigenvalue weighted by Crippen LogP contribution is 2.38. The molecule has 0 saturated carbocycles. The van der Waals surface area contributed by atoms with Crippen LogP contribution in [0.5, 0.6) is 11.5 Å². The first-order valence-electron chi connectivity index (χ1n) is 9.45. The Kier molecular flexibility index (Phi) is 5.33. The topological polar surface area (TPSA) is 47.5 Å². The van der Waals surface area contributed by atoms with Crippen LogP contribution >= 0.6 is 11.3 Å². The van der Waals surface area contributed by atoms with Gasteiger partial charge >= 0.3 is 0 Å². The van der Waals surface area contributed by atoms with E-state index >= 15 is 0 Å². The predicted molar refractivity (Wildman–Crippen MR) is 112 cm³/mol. The molecule has 0 amide bonds. The number of fused-ring (bicyclic) bond motifs is 1. The molecule has 3 aromatic rings. The highest BCUT2D eigenvalue weighted by molar-refractivity contribution is 7.11. The van der Waals surface area contributed by atoms with E-state index in [9.17, 15) is 0 Å². The van der Waals surface area contributed by atoms with Gasteiger partial charge in [-0.3, -0.25) is 9.88 Å². The summed E-state index contributed by atoms with van der Waals surface area (Å²) >= 11 is 1.86. The van der Waals surface area contributed by atoms with E-state index in [0.717, 1.165) is 59.3 Å². The maximum Gasteiger partial charge on any atom is 0.165 e. The minimum Gasteiger partial charge on any atom is -0.493 e. The van der Waals surface area contributed by atoms with Crippen LogP contribution in [0.2, 0.25) is 0 Å². The van der Waals surface area contributed by atoms with Crippen molar-refractivity contribution in [1.82, 2.24) is 14.9 Å². The van der Waals surface area contributed by atoms with E-state index in [1.165, 1.54) is 9.75 Å². The Morgan fingerprint density at radius 2 is 2.07 bits per heavy atom. The first-order chi connectivity index (χ1) is 13.5. The molecule has 0 bridgehead atoms. The Bertz CT molecular complexity index is 999. The third-order valence-corrected chi connectivity index (χ3v) is 5.91. The first-order valence-corrected chi connectivity index (χ1v) is 10.3. The van der Waals surface area contributed by atoms with Crippen LogP contribution in [-0.4, -0.2) is 35.1 Å². The van der Waals surface area contributed by atoms with Crippen LogP contribution in [0.25, 0.3) is 11.3 Å². The Labute approximate surface area is 170 Å². The average Bonchev–Trinajstić information content (AvgIpc) is 2.97. The number of aryl methyl sites for hydroxylation is 3. The van der Waals surface area contributed by atoms with E-state index in [2.05, 4.69) is 35.0 Å². The second-order valence-corrected chi connectivity index (χ2v) is 8.56. The number of aromatic nitrogens is 2. The molecular weight excluding hydrogens is 370 g/mol. The van der Waals surface area contributed by atoms with Crippen molar-refractivity contribution in [1.29, 1.82) is 0 Å². The van der Waals surface area contributed by atoms with E-state index in [-0.39, 0.29) is 0 Å². The second-order valence-electron chi connectivity index (χ2n) is 7.18. The largest absolute Gasteiger partial charge is 0.493 e. The Morgan fingerprint density at radius 1 is 1.21 bits per heavy atom. The zero-order valence-electron chi connectivity index (χ0n) is 16.8. The number of hydrogen-bond acceptors (Lipinski definition) is 6. The molecule has 0 N–H and O–H groups in total.